The summed E-state index contributed by atoms with van der Waals surface area (Å²) in [5.41, 5.74) is 0.364. The minimum absolute atomic E-state index is 0.0817. The molecule has 2 aromatic rings. The molecule has 19 heavy (non-hydrogen) atoms. The fraction of sp³-hybridized carbons (Fsp3) is 0.0769. The van der Waals surface area contributed by atoms with E-state index in [2.05, 4.69) is 20.9 Å². The molecule has 1 aromatic carbocycles. The van der Waals surface area contributed by atoms with Crippen LogP contribution in [0.5, 0.6) is 11.6 Å². The van der Waals surface area contributed by atoms with Crippen LogP contribution in [0.4, 0.5) is 4.39 Å². The topological polar surface area (TPSA) is 59.4 Å². The third kappa shape index (κ3) is 2.90. The first-order chi connectivity index (χ1) is 8.99. The summed E-state index contributed by atoms with van der Waals surface area (Å²) in [6, 6.07) is 5.45. The average molecular weight is 326 g/mol. The maximum atomic E-state index is 13.5. The van der Waals surface area contributed by atoms with Crippen LogP contribution < -0.4 is 4.74 Å². The number of benzene rings is 1. The van der Waals surface area contributed by atoms with Crippen molar-refractivity contribution < 1.29 is 19.0 Å². The number of nitrogens with zero attached hydrogens (tertiary/aromatic N) is 1. The zero-order valence-electron chi connectivity index (χ0n) is 9.85. The molecule has 0 atom stereocenters. The van der Waals surface area contributed by atoms with Gasteiger partial charge in [-0.25, -0.2) is 14.2 Å². The average Bonchev–Trinajstić information content (AvgIpc) is 2.33. The SMILES string of the molecule is Cc1cc(Oc2cccc(F)c2C(=O)O)ncc1Br. The number of hydrogen-bond acceptors (Lipinski definition) is 3. The minimum Gasteiger partial charge on any atom is -0.477 e. The van der Waals surface area contributed by atoms with E-state index in [1.165, 1.54) is 18.3 Å². The van der Waals surface area contributed by atoms with Crippen LogP contribution in [-0.2, 0) is 0 Å². The number of carboxylic acid groups (broad SMARTS) is 1. The van der Waals surface area contributed by atoms with E-state index in [1.807, 2.05) is 6.92 Å². The summed E-state index contributed by atoms with van der Waals surface area (Å²) in [6.07, 6.45) is 1.53. The Kier molecular flexibility index (Phi) is 3.80. The van der Waals surface area contributed by atoms with Gasteiger partial charge in [-0.3, -0.25) is 0 Å². The van der Waals surface area contributed by atoms with Gasteiger partial charge in [-0.05, 0) is 40.5 Å². The van der Waals surface area contributed by atoms with Crippen LogP contribution in [0.2, 0.25) is 0 Å². The second-order valence-electron chi connectivity index (χ2n) is 3.79. The van der Waals surface area contributed by atoms with E-state index in [1.54, 1.807) is 6.07 Å². The van der Waals surface area contributed by atoms with Crippen LogP contribution in [0, 0.1) is 12.7 Å². The van der Waals surface area contributed by atoms with Crippen LogP contribution >= 0.6 is 15.9 Å². The lowest BCUT2D eigenvalue weighted by atomic mass is 10.2. The van der Waals surface area contributed by atoms with Crippen molar-refractivity contribution in [2.75, 3.05) is 0 Å². The second-order valence-corrected chi connectivity index (χ2v) is 4.65. The Labute approximate surface area is 117 Å². The van der Waals surface area contributed by atoms with Crippen molar-refractivity contribution in [3.63, 3.8) is 0 Å². The van der Waals surface area contributed by atoms with Gasteiger partial charge in [0.2, 0.25) is 5.88 Å². The summed E-state index contributed by atoms with van der Waals surface area (Å²) < 4.78 is 19.6. The van der Waals surface area contributed by atoms with Crippen molar-refractivity contribution in [2.24, 2.45) is 0 Å². The zero-order chi connectivity index (χ0) is 14.0. The molecule has 1 N–H and O–H groups in total. The predicted molar refractivity (Wildman–Crippen MR) is 70.1 cm³/mol. The molecule has 0 aliphatic rings. The van der Waals surface area contributed by atoms with E-state index in [-0.39, 0.29) is 11.6 Å². The summed E-state index contributed by atoms with van der Waals surface area (Å²) in [4.78, 5) is 15.0. The Bertz CT molecular complexity index is 646. The maximum Gasteiger partial charge on any atom is 0.342 e. The number of aromatic nitrogens is 1. The molecule has 0 saturated carbocycles. The quantitative estimate of drug-likeness (QED) is 0.932. The number of pyridine rings is 1. The molecule has 98 valence electrons. The number of rotatable bonds is 3. The molecule has 0 spiro atoms. The lowest BCUT2D eigenvalue weighted by molar-refractivity contribution is 0.0689. The largest absolute Gasteiger partial charge is 0.477 e. The monoisotopic (exact) mass is 325 g/mol. The molecule has 0 fully saturated rings. The molecule has 0 radical (unpaired) electrons. The number of aryl methyl sites for hydroxylation is 1. The molecule has 0 bridgehead atoms. The van der Waals surface area contributed by atoms with E-state index >= 15 is 0 Å². The highest BCUT2D eigenvalue weighted by Crippen LogP contribution is 2.27. The van der Waals surface area contributed by atoms with Crippen LogP contribution in [0.3, 0.4) is 0 Å². The smallest absolute Gasteiger partial charge is 0.342 e. The molecule has 0 amide bonds. The van der Waals surface area contributed by atoms with E-state index < -0.39 is 17.3 Å². The first-order valence-corrected chi connectivity index (χ1v) is 6.10. The summed E-state index contributed by atoms with van der Waals surface area (Å²) in [5, 5.41) is 8.98. The lowest BCUT2D eigenvalue weighted by Gasteiger charge is -2.09. The Balaban J connectivity index is 2.40. The lowest BCUT2D eigenvalue weighted by Crippen LogP contribution is -2.04. The Hall–Kier alpha value is -1.95. The molecular weight excluding hydrogens is 317 g/mol. The maximum absolute atomic E-state index is 13.5. The van der Waals surface area contributed by atoms with Crippen molar-refractivity contribution in [1.82, 2.24) is 4.98 Å². The van der Waals surface area contributed by atoms with Gasteiger partial charge in [0.15, 0.2) is 0 Å². The molecule has 0 saturated heterocycles. The molecule has 2 rings (SSSR count). The van der Waals surface area contributed by atoms with Crippen LogP contribution in [-0.4, -0.2) is 16.1 Å². The predicted octanol–water partition coefficient (Wildman–Crippen LogP) is 3.78. The standard InChI is InChI=1S/C13H9BrFNO3/c1-7-5-11(16-6-8(7)14)19-10-4-2-3-9(15)12(10)13(17)18/h2-6H,1H3,(H,17,18). The Morgan fingerprint density at radius 2 is 2.21 bits per heavy atom. The van der Waals surface area contributed by atoms with E-state index in [0.29, 0.717) is 0 Å². The third-order valence-electron chi connectivity index (χ3n) is 2.43. The van der Waals surface area contributed by atoms with Gasteiger partial charge in [0.05, 0.1) is 0 Å². The van der Waals surface area contributed by atoms with Gasteiger partial charge in [-0.2, -0.15) is 0 Å². The summed E-state index contributed by atoms with van der Waals surface area (Å²) in [5.74, 6) is -2.11. The first kappa shape index (κ1) is 13.5. The highest BCUT2D eigenvalue weighted by Gasteiger charge is 2.17. The van der Waals surface area contributed by atoms with E-state index in [0.717, 1.165) is 16.1 Å². The molecule has 6 heteroatoms. The van der Waals surface area contributed by atoms with Gasteiger partial charge >= 0.3 is 5.97 Å². The summed E-state index contributed by atoms with van der Waals surface area (Å²) in [6.45, 7) is 1.84. The summed E-state index contributed by atoms with van der Waals surface area (Å²) >= 11 is 3.29. The number of ether oxygens (including phenoxy) is 1. The molecule has 0 aliphatic heterocycles. The van der Waals surface area contributed by atoms with Gasteiger partial charge in [-0.1, -0.05) is 6.07 Å². The van der Waals surface area contributed by atoms with Crippen LogP contribution in [0.1, 0.15) is 15.9 Å². The van der Waals surface area contributed by atoms with Gasteiger partial charge in [0.25, 0.3) is 0 Å². The highest BCUT2D eigenvalue weighted by molar-refractivity contribution is 9.10. The first-order valence-electron chi connectivity index (χ1n) is 5.31. The molecule has 4 nitrogen and oxygen atoms in total. The second kappa shape index (κ2) is 5.36. The van der Waals surface area contributed by atoms with Gasteiger partial charge in [0.1, 0.15) is 17.1 Å². The van der Waals surface area contributed by atoms with Crippen LogP contribution in [0.25, 0.3) is 0 Å². The fourth-order valence-electron chi connectivity index (χ4n) is 1.48. The van der Waals surface area contributed by atoms with Crippen molar-refractivity contribution in [1.29, 1.82) is 0 Å². The van der Waals surface area contributed by atoms with Crippen molar-refractivity contribution >= 4 is 21.9 Å². The van der Waals surface area contributed by atoms with Crippen molar-refractivity contribution in [3.05, 3.63) is 51.9 Å². The number of halogens is 2. The highest BCUT2D eigenvalue weighted by atomic mass is 79.9. The number of carboxylic acids is 1. The van der Waals surface area contributed by atoms with E-state index in [4.69, 9.17) is 9.84 Å². The molecule has 0 aliphatic carbocycles. The van der Waals surface area contributed by atoms with E-state index in [9.17, 15) is 9.18 Å². The number of hydrogen-bond donors (Lipinski definition) is 1. The molecular formula is C13H9BrFNO3. The minimum atomic E-state index is -1.39. The summed E-state index contributed by atoms with van der Waals surface area (Å²) in [7, 11) is 0. The normalized spacial score (nSPS) is 10.3. The molecule has 0 unspecified atom stereocenters. The fourth-order valence-corrected chi connectivity index (χ4v) is 1.70. The Morgan fingerprint density at radius 1 is 1.47 bits per heavy atom. The van der Waals surface area contributed by atoms with Gasteiger partial charge < -0.3 is 9.84 Å². The van der Waals surface area contributed by atoms with Gasteiger partial charge in [0, 0.05) is 16.7 Å². The molecule has 1 heterocycles. The molecule has 1 aromatic heterocycles. The zero-order valence-corrected chi connectivity index (χ0v) is 11.4. The van der Waals surface area contributed by atoms with Gasteiger partial charge in [-0.15, -0.1) is 0 Å². The Morgan fingerprint density at radius 3 is 2.84 bits per heavy atom. The third-order valence-corrected chi connectivity index (χ3v) is 3.26. The van der Waals surface area contributed by atoms with Crippen molar-refractivity contribution in [2.45, 2.75) is 6.92 Å². The van der Waals surface area contributed by atoms with Crippen LogP contribution in [0.15, 0.2) is 34.9 Å². The number of carbonyl (C=O) groups is 1. The number of aromatic carboxylic acids is 1. The van der Waals surface area contributed by atoms with Crippen molar-refractivity contribution in [3.8, 4) is 11.6 Å².